The second-order valence-corrected chi connectivity index (χ2v) is 6.35. The molecule has 2 fully saturated rings. The Morgan fingerprint density at radius 2 is 1.61 bits per heavy atom. The molecule has 3 nitrogen and oxygen atoms in total. The van der Waals surface area contributed by atoms with E-state index in [0.29, 0.717) is 0 Å². The molecule has 1 saturated carbocycles. The van der Waals surface area contributed by atoms with Crippen molar-refractivity contribution in [3.8, 4) is 0 Å². The van der Waals surface area contributed by atoms with E-state index in [2.05, 4.69) is 36.3 Å². The summed E-state index contributed by atoms with van der Waals surface area (Å²) in [7, 11) is 6.75. The van der Waals surface area contributed by atoms with Gasteiger partial charge in [-0.1, -0.05) is 0 Å². The van der Waals surface area contributed by atoms with E-state index in [1.807, 2.05) is 0 Å². The Hall–Kier alpha value is -0.120. The summed E-state index contributed by atoms with van der Waals surface area (Å²) in [6.45, 7) is 2.57. The largest absolute Gasteiger partial charge is 0.317 e. The summed E-state index contributed by atoms with van der Waals surface area (Å²) in [6, 6.07) is 2.43. The first-order chi connectivity index (χ1) is 8.70. The highest BCUT2D eigenvalue weighted by Crippen LogP contribution is 2.26. The number of nitrogens with zero attached hydrogens (tertiary/aromatic N) is 2. The van der Waals surface area contributed by atoms with Crippen LogP contribution in [0, 0.1) is 0 Å². The second-order valence-electron chi connectivity index (χ2n) is 6.35. The smallest absolute Gasteiger partial charge is 0.0108 e. The number of hydrogen-bond acceptors (Lipinski definition) is 3. The number of likely N-dealkylation sites (tertiary alicyclic amines) is 1. The molecule has 1 saturated heterocycles. The summed E-state index contributed by atoms with van der Waals surface area (Å²) in [4.78, 5) is 5.21. The summed E-state index contributed by atoms with van der Waals surface area (Å²) < 4.78 is 0. The van der Waals surface area contributed by atoms with Gasteiger partial charge in [-0.05, 0) is 79.2 Å². The van der Waals surface area contributed by atoms with Crippen LogP contribution < -0.4 is 5.32 Å². The fraction of sp³-hybridized carbons (Fsp3) is 1.00. The monoisotopic (exact) mass is 253 g/mol. The number of rotatable bonds is 3. The van der Waals surface area contributed by atoms with Crippen molar-refractivity contribution in [3.63, 3.8) is 0 Å². The van der Waals surface area contributed by atoms with E-state index in [4.69, 9.17) is 0 Å². The quantitative estimate of drug-likeness (QED) is 0.829. The first-order valence-electron chi connectivity index (χ1n) is 7.78. The Bertz CT molecular complexity index is 236. The molecule has 0 spiro atoms. The van der Waals surface area contributed by atoms with Gasteiger partial charge in [-0.3, -0.25) is 0 Å². The van der Waals surface area contributed by atoms with Crippen molar-refractivity contribution in [2.45, 2.75) is 63.1 Å². The maximum absolute atomic E-state index is 3.43. The van der Waals surface area contributed by atoms with Gasteiger partial charge in [0.2, 0.25) is 0 Å². The predicted molar refractivity (Wildman–Crippen MR) is 78.0 cm³/mol. The van der Waals surface area contributed by atoms with Crippen LogP contribution in [0.2, 0.25) is 0 Å². The molecular formula is C15H31N3. The van der Waals surface area contributed by atoms with Gasteiger partial charge in [-0.25, -0.2) is 0 Å². The second kappa shape index (κ2) is 6.88. The zero-order valence-electron chi connectivity index (χ0n) is 12.5. The van der Waals surface area contributed by atoms with Crippen molar-refractivity contribution in [1.29, 1.82) is 0 Å². The summed E-state index contributed by atoms with van der Waals surface area (Å²) in [6.07, 6.45) is 9.61. The number of hydrogen-bond donors (Lipinski definition) is 1. The molecule has 1 aliphatic heterocycles. The van der Waals surface area contributed by atoms with Crippen LogP contribution in [-0.2, 0) is 0 Å². The first-order valence-corrected chi connectivity index (χ1v) is 7.78. The molecule has 3 heteroatoms. The molecule has 18 heavy (non-hydrogen) atoms. The molecule has 1 unspecified atom stereocenters. The molecule has 106 valence electrons. The van der Waals surface area contributed by atoms with Crippen molar-refractivity contribution >= 4 is 0 Å². The van der Waals surface area contributed by atoms with E-state index in [0.717, 1.165) is 18.1 Å². The zero-order valence-corrected chi connectivity index (χ0v) is 12.5. The lowest BCUT2D eigenvalue weighted by Crippen LogP contribution is -2.44. The molecule has 0 bridgehead atoms. The van der Waals surface area contributed by atoms with Gasteiger partial charge in [0.1, 0.15) is 0 Å². The Morgan fingerprint density at radius 3 is 2.28 bits per heavy atom. The molecule has 0 aromatic rings. The molecule has 0 radical (unpaired) electrons. The van der Waals surface area contributed by atoms with Gasteiger partial charge in [0, 0.05) is 18.1 Å². The Morgan fingerprint density at radius 1 is 0.944 bits per heavy atom. The molecule has 2 aliphatic rings. The molecule has 1 heterocycles. The van der Waals surface area contributed by atoms with Crippen molar-refractivity contribution in [2.24, 2.45) is 0 Å². The molecule has 0 aromatic heterocycles. The van der Waals surface area contributed by atoms with Gasteiger partial charge in [-0.2, -0.15) is 0 Å². The predicted octanol–water partition coefficient (Wildman–Crippen LogP) is 1.93. The van der Waals surface area contributed by atoms with Gasteiger partial charge < -0.3 is 15.1 Å². The van der Waals surface area contributed by atoms with Gasteiger partial charge >= 0.3 is 0 Å². The lowest BCUT2D eigenvalue weighted by atomic mass is 9.89. The van der Waals surface area contributed by atoms with Crippen LogP contribution in [0.25, 0.3) is 0 Å². The van der Waals surface area contributed by atoms with Crippen LogP contribution in [0.15, 0.2) is 0 Å². The third-order valence-corrected chi connectivity index (χ3v) is 5.18. The highest BCUT2D eigenvalue weighted by molar-refractivity contribution is 4.85. The van der Waals surface area contributed by atoms with E-state index in [1.165, 1.54) is 58.0 Å². The first kappa shape index (κ1) is 14.3. The fourth-order valence-electron chi connectivity index (χ4n) is 3.70. The average Bonchev–Trinajstić information content (AvgIpc) is 2.63. The number of nitrogens with one attached hydrogen (secondary N) is 1. The fourth-order valence-corrected chi connectivity index (χ4v) is 3.70. The Kier molecular flexibility index (Phi) is 5.46. The van der Waals surface area contributed by atoms with Crippen LogP contribution in [0.4, 0.5) is 0 Å². The van der Waals surface area contributed by atoms with Crippen LogP contribution >= 0.6 is 0 Å². The molecule has 1 N–H and O–H groups in total. The van der Waals surface area contributed by atoms with Crippen molar-refractivity contribution in [2.75, 3.05) is 34.2 Å². The van der Waals surface area contributed by atoms with E-state index >= 15 is 0 Å². The van der Waals surface area contributed by atoms with Crippen molar-refractivity contribution in [1.82, 2.24) is 15.1 Å². The molecule has 0 aromatic carbocycles. The van der Waals surface area contributed by atoms with Crippen LogP contribution in [0.3, 0.4) is 0 Å². The topological polar surface area (TPSA) is 18.5 Å². The Balaban J connectivity index is 1.81. The van der Waals surface area contributed by atoms with Gasteiger partial charge in [0.05, 0.1) is 0 Å². The SMILES string of the molecule is CNC1CCC(N(C)C2CCCN(C)CC2)CC1. The van der Waals surface area contributed by atoms with E-state index in [1.54, 1.807) is 0 Å². The minimum absolute atomic E-state index is 0.773. The standard InChI is InChI=1S/C15H31N3/c1-16-13-6-8-15(9-7-13)18(3)14-5-4-11-17(2)12-10-14/h13-16H,4-12H2,1-3H3. The minimum Gasteiger partial charge on any atom is -0.317 e. The summed E-state index contributed by atoms with van der Waals surface area (Å²) >= 11 is 0. The third kappa shape index (κ3) is 3.69. The summed E-state index contributed by atoms with van der Waals surface area (Å²) in [5, 5.41) is 3.43. The van der Waals surface area contributed by atoms with E-state index in [9.17, 15) is 0 Å². The average molecular weight is 253 g/mol. The molecule has 1 aliphatic carbocycles. The lowest BCUT2D eigenvalue weighted by Gasteiger charge is -2.39. The van der Waals surface area contributed by atoms with Crippen LogP contribution in [0.1, 0.15) is 44.9 Å². The van der Waals surface area contributed by atoms with Crippen molar-refractivity contribution < 1.29 is 0 Å². The highest BCUT2D eigenvalue weighted by Gasteiger charge is 2.28. The normalized spacial score (nSPS) is 35.7. The highest BCUT2D eigenvalue weighted by atomic mass is 15.2. The van der Waals surface area contributed by atoms with Crippen LogP contribution in [-0.4, -0.2) is 62.2 Å². The maximum Gasteiger partial charge on any atom is 0.0108 e. The minimum atomic E-state index is 0.773. The van der Waals surface area contributed by atoms with Gasteiger partial charge in [0.25, 0.3) is 0 Å². The molecule has 0 amide bonds. The van der Waals surface area contributed by atoms with Crippen molar-refractivity contribution in [3.05, 3.63) is 0 Å². The van der Waals surface area contributed by atoms with E-state index < -0.39 is 0 Å². The molecule has 2 rings (SSSR count). The summed E-state index contributed by atoms with van der Waals surface area (Å²) in [5.74, 6) is 0. The van der Waals surface area contributed by atoms with Gasteiger partial charge in [-0.15, -0.1) is 0 Å². The van der Waals surface area contributed by atoms with Crippen LogP contribution in [0.5, 0.6) is 0 Å². The molecular weight excluding hydrogens is 222 g/mol. The lowest BCUT2D eigenvalue weighted by molar-refractivity contribution is 0.118. The van der Waals surface area contributed by atoms with E-state index in [-0.39, 0.29) is 0 Å². The maximum atomic E-state index is 3.43. The Labute approximate surface area is 113 Å². The zero-order chi connectivity index (χ0) is 13.0. The molecule has 1 atom stereocenters. The summed E-state index contributed by atoms with van der Waals surface area (Å²) in [5.41, 5.74) is 0. The van der Waals surface area contributed by atoms with Gasteiger partial charge in [0.15, 0.2) is 0 Å². The third-order valence-electron chi connectivity index (χ3n) is 5.18.